The van der Waals surface area contributed by atoms with Gasteiger partial charge in [0.15, 0.2) is 0 Å². The van der Waals surface area contributed by atoms with Crippen LogP contribution in [0, 0.1) is 0 Å². The second-order valence-electron chi connectivity index (χ2n) is 2.08. The molecule has 0 aliphatic rings. The minimum Gasteiger partial charge on any atom is -0.397 e. The van der Waals surface area contributed by atoms with Gasteiger partial charge in [-0.05, 0) is 20.8 Å². The predicted molar refractivity (Wildman–Crippen MR) is 70.4 cm³/mol. The first-order valence-electron chi connectivity index (χ1n) is 4.79. The van der Waals surface area contributed by atoms with Crippen molar-refractivity contribution < 1.29 is 29.7 Å². The van der Waals surface area contributed by atoms with E-state index in [9.17, 15) is 4.57 Å². The van der Waals surface area contributed by atoms with Gasteiger partial charge in [-0.1, -0.05) is 6.08 Å². The van der Waals surface area contributed by atoms with Gasteiger partial charge in [0.2, 0.25) is 0 Å². The first kappa shape index (κ1) is 30.1. The van der Waals surface area contributed by atoms with Crippen molar-refractivity contribution in [2.24, 2.45) is 0 Å². The SMILES string of the molecule is C=CCP(=O)(O)O.CCO.CCO.CCO.N. The quantitative estimate of drug-likeness (QED) is 0.317. The topological polar surface area (TPSA) is 153 Å². The molecule has 0 rings (SSSR count). The Morgan fingerprint density at radius 1 is 1.00 bits per heavy atom. The number of allylic oxidation sites excluding steroid dienone is 1. The van der Waals surface area contributed by atoms with E-state index in [1.165, 1.54) is 6.08 Å². The van der Waals surface area contributed by atoms with Crippen molar-refractivity contribution in [3.8, 4) is 0 Å². The van der Waals surface area contributed by atoms with Crippen LogP contribution in [0.1, 0.15) is 20.8 Å². The van der Waals surface area contributed by atoms with Gasteiger partial charge in [-0.15, -0.1) is 6.58 Å². The van der Waals surface area contributed by atoms with Crippen molar-refractivity contribution in [3.05, 3.63) is 12.7 Å². The summed E-state index contributed by atoms with van der Waals surface area (Å²) < 4.78 is 9.85. The van der Waals surface area contributed by atoms with Gasteiger partial charge in [-0.25, -0.2) is 0 Å². The highest BCUT2D eigenvalue weighted by Crippen LogP contribution is 2.33. The van der Waals surface area contributed by atoms with E-state index in [4.69, 9.17) is 25.1 Å². The van der Waals surface area contributed by atoms with Crippen molar-refractivity contribution >= 4 is 7.60 Å². The first-order chi connectivity index (χ1) is 7.30. The van der Waals surface area contributed by atoms with Gasteiger partial charge >= 0.3 is 7.60 Å². The number of hydrogen-bond donors (Lipinski definition) is 6. The van der Waals surface area contributed by atoms with E-state index in [0.717, 1.165) is 0 Å². The molecule has 0 saturated carbocycles. The summed E-state index contributed by atoms with van der Waals surface area (Å²) in [5.74, 6) is 0. The molecule has 0 saturated heterocycles. The third-order valence-corrected chi connectivity index (χ3v) is 1.10. The summed E-state index contributed by atoms with van der Waals surface area (Å²) in [5, 5.41) is 22.7. The van der Waals surface area contributed by atoms with E-state index in [1.54, 1.807) is 20.8 Å². The molecule has 17 heavy (non-hydrogen) atoms. The highest BCUT2D eigenvalue weighted by molar-refractivity contribution is 7.51. The van der Waals surface area contributed by atoms with Crippen LogP contribution in [0.15, 0.2) is 12.7 Å². The molecule has 0 aromatic carbocycles. The fraction of sp³-hybridized carbons (Fsp3) is 0.778. The van der Waals surface area contributed by atoms with E-state index < -0.39 is 7.60 Å². The Hall–Kier alpha value is -0.270. The molecular weight excluding hydrogens is 249 g/mol. The van der Waals surface area contributed by atoms with Gasteiger partial charge in [0.05, 0.1) is 6.16 Å². The lowest BCUT2D eigenvalue weighted by Crippen LogP contribution is -1.78. The van der Waals surface area contributed by atoms with Crippen LogP contribution in [0.5, 0.6) is 0 Å². The monoisotopic (exact) mass is 277 g/mol. The summed E-state index contributed by atoms with van der Waals surface area (Å²) >= 11 is 0. The smallest absolute Gasteiger partial charge is 0.329 e. The highest BCUT2D eigenvalue weighted by atomic mass is 31.2. The molecule has 0 unspecified atom stereocenters. The Bertz CT molecular complexity index is 146. The van der Waals surface area contributed by atoms with Crippen LogP contribution in [0.3, 0.4) is 0 Å². The normalized spacial score (nSPS) is 7.76. The molecule has 8 N–H and O–H groups in total. The summed E-state index contributed by atoms with van der Waals surface area (Å²) in [5.41, 5.74) is 0. The molecule has 0 radical (unpaired) electrons. The lowest BCUT2D eigenvalue weighted by atomic mass is 10.8. The Labute approximate surface area is 104 Å². The average Bonchev–Trinajstić information content (AvgIpc) is 2.05. The third-order valence-electron chi connectivity index (χ3n) is 0.367. The molecule has 0 aromatic rings. The average molecular weight is 277 g/mol. The van der Waals surface area contributed by atoms with Gasteiger partial charge in [0.25, 0.3) is 0 Å². The molecule has 110 valence electrons. The van der Waals surface area contributed by atoms with E-state index in [2.05, 4.69) is 6.58 Å². The number of hydrogen-bond acceptors (Lipinski definition) is 5. The van der Waals surface area contributed by atoms with E-state index in [0.29, 0.717) is 0 Å². The van der Waals surface area contributed by atoms with Gasteiger partial charge in [0.1, 0.15) is 0 Å². The minimum absolute atomic E-state index is 0. The fourth-order valence-electron chi connectivity index (χ4n) is 0.168. The van der Waals surface area contributed by atoms with Gasteiger partial charge in [-0.3, -0.25) is 4.57 Å². The molecular formula is C9H28NO6P. The molecule has 8 heteroatoms. The maximum absolute atomic E-state index is 9.85. The van der Waals surface area contributed by atoms with Gasteiger partial charge < -0.3 is 31.3 Å². The van der Waals surface area contributed by atoms with Crippen LogP contribution >= 0.6 is 7.60 Å². The van der Waals surface area contributed by atoms with Crippen molar-refractivity contribution in [1.82, 2.24) is 6.15 Å². The van der Waals surface area contributed by atoms with Crippen LogP contribution in [-0.2, 0) is 4.57 Å². The minimum atomic E-state index is -3.78. The molecule has 7 nitrogen and oxygen atoms in total. The summed E-state index contributed by atoms with van der Waals surface area (Å²) in [6, 6.07) is 0. The molecule has 0 bridgehead atoms. The van der Waals surface area contributed by atoms with E-state index in [-0.39, 0.29) is 32.1 Å². The number of aliphatic hydroxyl groups excluding tert-OH is 3. The second kappa shape index (κ2) is 29.6. The maximum atomic E-state index is 9.85. The zero-order chi connectivity index (χ0) is 14.0. The molecule has 0 atom stereocenters. The Morgan fingerprint density at radius 3 is 1.18 bits per heavy atom. The Kier molecular flexibility index (Phi) is 52.5. The molecule has 0 heterocycles. The summed E-state index contributed by atoms with van der Waals surface area (Å²) in [4.78, 5) is 16.1. The van der Waals surface area contributed by atoms with Crippen LogP contribution in [-0.4, -0.2) is 51.1 Å². The summed E-state index contributed by atoms with van der Waals surface area (Å²) in [6.45, 7) is 8.95. The Morgan fingerprint density at radius 2 is 1.18 bits per heavy atom. The number of rotatable bonds is 2. The second-order valence-corrected chi connectivity index (χ2v) is 3.78. The molecule has 0 aliphatic heterocycles. The zero-order valence-electron chi connectivity index (χ0n) is 10.9. The lowest BCUT2D eigenvalue weighted by Gasteiger charge is -1.94. The zero-order valence-corrected chi connectivity index (χ0v) is 11.8. The molecule has 0 aliphatic carbocycles. The molecule has 0 spiro atoms. The molecule has 0 fully saturated rings. The first-order valence-corrected chi connectivity index (χ1v) is 6.58. The highest BCUT2D eigenvalue weighted by Gasteiger charge is 2.06. The predicted octanol–water partition coefficient (Wildman–Crippen LogP) is 0.508. The van der Waals surface area contributed by atoms with Crippen LogP contribution in [0.25, 0.3) is 0 Å². The van der Waals surface area contributed by atoms with Crippen molar-refractivity contribution in [1.29, 1.82) is 0 Å². The summed E-state index contributed by atoms with van der Waals surface area (Å²) in [6.07, 6.45) is 0.966. The van der Waals surface area contributed by atoms with E-state index >= 15 is 0 Å². The van der Waals surface area contributed by atoms with E-state index in [1.807, 2.05) is 0 Å². The lowest BCUT2D eigenvalue weighted by molar-refractivity contribution is 0.318. The molecule has 0 amide bonds. The van der Waals surface area contributed by atoms with Crippen LogP contribution in [0.2, 0.25) is 0 Å². The maximum Gasteiger partial charge on any atom is 0.329 e. The van der Waals surface area contributed by atoms with Gasteiger partial charge in [-0.2, -0.15) is 0 Å². The van der Waals surface area contributed by atoms with Crippen molar-refractivity contribution in [3.63, 3.8) is 0 Å². The fourth-order valence-corrected chi connectivity index (χ4v) is 0.505. The number of aliphatic hydroxyl groups is 3. The molecule has 0 aromatic heterocycles. The Balaban J connectivity index is -0.0000000411. The standard InChI is InChI=1S/C3H7O3P.3C2H6O.H3N/c1-2-3-7(4,5)6;3*1-2-3;/h2H,1,3H2,(H2,4,5,6);3*3H,2H2,1H3;1H3. The third kappa shape index (κ3) is 213. The summed E-state index contributed by atoms with van der Waals surface area (Å²) in [7, 11) is -3.78. The van der Waals surface area contributed by atoms with Crippen molar-refractivity contribution in [2.75, 3.05) is 26.0 Å². The van der Waals surface area contributed by atoms with Crippen LogP contribution in [0.4, 0.5) is 0 Å². The largest absolute Gasteiger partial charge is 0.397 e. The van der Waals surface area contributed by atoms with Crippen molar-refractivity contribution in [2.45, 2.75) is 20.8 Å². The van der Waals surface area contributed by atoms with Crippen LogP contribution < -0.4 is 6.15 Å². The van der Waals surface area contributed by atoms with Gasteiger partial charge in [0, 0.05) is 19.8 Å².